The van der Waals surface area contributed by atoms with Crippen molar-refractivity contribution in [3.05, 3.63) is 24.3 Å². The first-order chi connectivity index (χ1) is 12.2. The van der Waals surface area contributed by atoms with Crippen LogP contribution in [0.4, 0.5) is 5.69 Å². The fourth-order valence-electron chi connectivity index (χ4n) is 2.91. The van der Waals surface area contributed by atoms with Crippen molar-refractivity contribution in [1.29, 1.82) is 0 Å². The summed E-state index contributed by atoms with van der Waals surface area (Å²) in [6.07, 6.45) is 0.981. The van der Waals surface area contributed by atoms with E-state index >= 15 is 0 Å². The largest absolute Gasteiger partial charge is 0.493 e. The smallest absolute Gasteiger partial charge is 0.220 e. The third-order valence-corrected chi connectivity index (χ3v) is 4.55. The Hall–Kier alpha value is -2.03. The first-order valence-electron chi connectivity index (χ1n) is 8.43. The van der Waals surface area contributed by atoms with Gasteiger partial charge in [-0.05, 0) is 31.2 Å². The molecule has 0 amide bonds. The number of hydrogen-bond acceptors (Lipinski definition) is 5. The van der Waals surface area contributed by atoms with E-state index in [0.29, 0.717) is 10.8 Å². The summed E-state index contributed by atoms with van der Waals surface area (Å²) in [6.45, 7) is 5.37. The van der Waals surface area contributed by atoms with Crippen LogP contribution in [0.3, 0.4) is 0 Å². The molecule has 0 aliphatic carbocycles. The molecule has 0 spiro atoms. The zero-order valence-corrected chi connectivity index (χ0v) is 15.1. The van der Waals surface area contributed by atoms with E-state index in [0.717, 1.165) is 56.7 Å². The summed E-state index contributed by atoms with van der Waals surface area (Å²) in [5, 5.41) is 22.7. The molecule has 0 saturated carbocycles. The average Bonchev–Trinajstić information content (AvgIpc) is 2.89. The number of nitrogens with one attached hydrogen (secondary N) is 1. The Morgan fingerprint density at radius 2 is 2.08 bits per heavy atom. The third kappa shape index (κ3) is 4.33. The van der Waals surface area contributed by atoms with Gasteiger partial charge in [0.05, 0.1) is 18.7 Å². The Labute approximate surface area is 152 Å². The monoisotopic (exact) mass is 361 g/mol. The molecule has 1 aliphatic heterocycles. The number of morpholine rings is 1. The number of para-hydroxylation sites is 1. The van der Waals surface area contributed by atoms with Crippen molar-refractivity contribution < 1.29 is 9.84 Å². The molecule has 0 radical (unpaired) electrons. The quantitative estimate of drug-likeness (QED) is 0.486. The molecule has 3 rings (SSSR count). The summed E-state index contributed by atoms with van der Waals surface area (Å²) in [6, 6.07) is 7.66. The Morgan fingerprint density at radius 3 is 2.88 bits per heavy atom. The molecule has 1 saturated heterocycles. The van der Waals surface area contributed by atoms with E-state index in [1.165, 1.54) is 0 Å². The number of aromatic hydroxyl groups is 1. The summed E-state index contributed by atoms with van der Waals surface area (Å²) in [4.78, 5) is 2.38. The molecule has 7 nitrogen and oxygen atoms in total. The molecule has 134 valence electrons. The number of benzene rings is 1. The number of ether oxygens (including phenoxy) is 1. The lowest BCUT2D eigenvalue weighted by Crippen LogP contribution is -2.37. The number of azo groups is 1. The summed E-state index contributed by atoms with van der Waals surface area (Å²) < 4.78 is 7.02. The van der Waals surface area contributed by atoms with Crippen molar-refractivity contribution >= 4 is 33.9 Å². The minimum atomic E-state index is 0.0834. The lowest BCUT2D eigenvalue weighted by Gasteiger charge is -2.26. The zero-order chi connectivity index (χ0) is 17.6. The van der Waals surface area contributed by atoms with Gasteiger partial charge in [0.25, 0.3) is 0 Å². The molecule has 1 aromatic carbocycles. The van der Waals surface area contributed by atoms with Gasteiger partial charge in [-0.2, -0.15) is 0 Å². The predicted molar refractivity (Wildman–Crippen MR) is 102 cm³/mol. The van der Waals surface area contributed by atoms with Crippen LogP contribution in [0.5, 0.6) is 5.88 Å². The molecule has 0 atom stereocenters. The second-order valence-corrected chi connectivity index (χ2v) is 6.37. The topological polar surface area (TPSA) is 74.4 Å². The van der Waals surface area contributed by atoms with Gasteiger partial charge < -0.3 is 19.7 Å². The lowest BCUT2D eigenvalue weighted by molar-refractivity contribution is 0.0376. The first kappa shape index (κ1) is 17.8. The van der Waals surface area contributed by atoms with E-state index in [2.05, 4.69) is 20.4 Å². The van der Waals surface area contributed by atoms with Gasteiger partial charge in [-0.15, -0.1) is 10.2 Å². The second kappa shape index (κ2) is 8.37. The molecular formula is C17H23N5O2S. The van der Waals surface area contributed by atoms with E-state index in [-0.39, 0.29) is 5.88 Å². The zero-order valence-electron chi connectivity index (χ0n) is 14.3. The third-order valence-electron chi connectivity index (χ3n) is 4.32. The average molecular weight is 361 g/mol. The molecule has 2 aromatic rings. The van der Waals surface area contributed by atoms with Crippen LogP contribution in [0.25, 0.3) is 10.9 Å². The fraction of sp³-hybridized carbons (Fsp3) is 0.471. The second-order valence-electron chi connectivity index (χ2n) is 5.99. The van der Waals surface area contributed by atoms with Gasteiger partial charge >= 0.3 is 0 Å². The summed E-state index contributed by atoms with van der Waals surface area (Å²) in [7, 11) is 1.79. The van der Waals surface area contributed by atoms with Gasteiger partial charge in [-0.25, -0.2) is 0 Å². The molecule has 8 heteroatoms. The van der Waals surface area contributed by atoms with Crippen LogP contribution in [0.15, 0.2) is 34.5 Å². The highest BCUT2D eigenvalue weighted by Crippen LogP contribution is 2.37. The highest BCUT2D eigenvalue weighted by atomic mass is 32.1. The number of fused-ring (bicyclic) bond motifs is 1. The van der Waals surface area contributed by atoms with Crippen molar-refractivity contribution in [3.8, 4) is 5.88 Å². The minimum absolute atomic E-state index is 0.0834. The van der Waals surface area contributed by atoms with E-state index in [1.807, 2.05) is 24.3 Å². The summed E-state index contributed by atoms with van der Waals surface area (Å²) in [5.74, 6) is 0.0834. The molecule has 1 fully saturated rings. The molecule has 25 heavy (non-hydrogen) atoms. The molecular weight excluding hydrogens is 338 g/mol. The van der Waals surface area contributed by atoms with Crippen molar-refractivity contribution in [2.75, 3.05) is 39.4 Å². The number of aromatic nitrogens is 1. The van der Waals surface area contributed by atoms with E-state index in [9.17, 15) is 5.11 Å². The predicted octanol–water partition coefficient (Wildman–Crippen LogP) is 2.56. The van der Waals surface area contributed by atoms with Gasteiger partial charge in [-0.3, -0.25) is 4.90 Å². The van der Waals surface area contributed by atoms with Gasteiger partial charge in [0, 0.05) is 32.1 Å². The SMILES string of the molecule is Cn1c(O)c(N=NC(=S)NCCCN2CCOCC2)c2ccccc21. The lowest BCUT2D eigenvalue weighted by atomic mass is 10.2. The highest BCUT2D eigenvalue weighted by Gasteiger charge is 2.13. The van der Waals surface area contributed by atoms with Crippen LogP contribution in [0, 0.1) is 0 Å². The molecule has 0 unspecified atom stereocenters. The van der Waals surface area contributed by atoms with Crippen molar-refractivity contribution in [2.45, 2.75) is 6.42 Å². The maximum absolute atomic E-state index is 10.2. The number of hydrogen-bond donors (Lipinski definition) is 2. The Kier molecular flexibility index (Phi) is 5.95. The summed E-state index contributed by atoms with van der Waals surface area (Å²) >= 11 is 5.20. The molecule has 1 aliphatic rings. The van der Waals surface area contributed by atoms with Gasteiger partial charge in [0.2, 0.25) is 11.0 Å². The van der Waals surface area contributed by atoms with Crippen molar-refractivity contribution in [2.24, 2.45) is 17.3 Å². The molecule has 0 bridgehead atoms. The van der Waals surface area contributed by atoms with Crippen LogP contribution < -0.4 is 5.32 Å². The number of nitrogens with zero attached hydrogens (tertiary/aromatic N) is 4. The van der Waals surface area contributed by atoms with Gasteiger partial charge in [-0.1, -0.05) is 18.2 Å². The summed E-state index contributed by atoms with van der Waals surface area (Å²) in [5.41, 5.74) is 1.34. The standard InChI is InChI=1S/C17H23N5O2S/c1-21-14-6-3-2-5-13(14)15(16(21)23)19-20-17(25)18-7-4-8-22-9-11-24-12-10-22/h2-3,5-6,23H,4,7-12H2,1H3,(H,18,25). The maximum Gasteiger partial charge on any atom is 0.220 e. The highest BCUT2D eigenvalue weighted by molar-refractivity contribution is 7.80. The number of thiocarbonyl (C=S) groups is 1. The Bertz CT molecular complexity index is 768. The van der Waals surface area contributed by atoms with E-state index < -0.39 is 0 Å². The van der Waals surface area contributed by atoms with Gasteiger partial charge in [0.1, 0.15) is 0 Å². The molecule has 1 aromatic heterocycles. The molecule has 2 heterocycles. The van der Waals surface area contributed by atoms with Crippen LogP contribution in [0.1, 0.15) is 6.42 Å². The fourth-order valence-corrected chi connectivity index (χ4v) is 3.05. The van der Waals surface area contributed by atoms with E-state index in [4.69, 9.17) is 17.0 Å². The van der Waals surface area contributed by atoms with Gasteiger partial charge in [0.15, 0.2) is 5.69 Å². The Balaban J connectivity index is 1.52. The minimum Gasteiger partial charge on any atom is -0.493 e. The normalized spacial score (nSPS) is 15.9. The maximum atomic E-state index is 10.2. The van der Waals surface area contributed by atoms with Crippen LogP contribution >= 0.6 is 12.2 Å². The Morgan fingerprint density at radius 1 is 1.32 bits per heavy atom. The number of rotatable bonds is 5. The van der Waals surface area contributed by atoms with Crippen LogP contribution in [-0.2, 0) is 11.8 Å². The number of aryl methyl sites for hydroxylation is 1. The first-order valence-corrected chi connectivity index (χ1v) is 8.83. The van der Waals surface area contributed by atoms with E-state index in [1.54, 1.807) is 11.6 Å². The van der Waals surface area contributed by atoms with Crippen LogP contribution in [0.2, 0.25) is 0 Å². The molecule has 2 N–H and O–H groups in total. The van der Waals surface area contributed by atoms with Crippen LogP contribution in [-0.4, -0.2) is 59.1 Å². The van der Waals surface area contributed by atoms with Crippen molar-refractivity contribution in [3.63, 3.8) is 0 Å². The van der Waals surface area contributed by atoms with Crippen molar-refractivity contribution in [1.82, 2.24) is 14.8 Å².